The summed E-state index contributed by atoms with van der Waals surface area (Å²) in [5, 5.41) is 9.37. The second-order valence-corrected chi connectivity index (χ2v) is 11.2. The molecule has 1 N–H and O–H groups in total. The minimum absolute atomic E-state index is 0.0147. The highest BCUT2D eigenvalue weighted by molar-refractivity contribution is 9.09. The molecule has 1 aromatic rings. The number of hydrogen-bond donors (Lipinski definition) is 1. The number of carbonyl (C=O) groups excluding carboxylic acids is 3. The van der Waals surface area contributed by atoms with Gasteiger partial charge >= 0.3 is 0 Å². The Bertz CT molecular complexity index is 1080. The first-order chi connectivity index (χ1) is 18.2. The zero-order valence-corrected chi connectivity index (χ0v) is 23.5. The molecule has 3 fully saturated rings. The summed E-state index contributed by atoms with van der Waals surface area (Å²) in [4.78, 5) is 46.6. The molecule has 3 aliphatic rings. The van der Waals surface area contributed by atoms with Crippen LogP contribution in [-0.2, 0) is 19.1 Å². The molecular formula is C28H36BrN3O6. The van der Waals surface area contributed by atoms with Crippen LogP contribution in [0.4, 0.5) is 5.69 Å². The number of aliphatic hydroxyl groups excluding tert-OH is 1. The molecule has 3 saturated heterocycles. The minimum Gasteiger partial charge on any atom is -0.497 e. The van der Waals surface area contributed by atoms with Crippen molar-refractivity contribution < 1.29 is 29.0 Å². The van der Waals surface area contributed by atoms with E-state index in [2.05, 4.69) is 29.1 Å². The first-order valence-corrected chi connectivity index (χ1v) is 13.8. The molecular weight excluding hydrogens is 554 g/mol. The summed E-state index contributed by atoms with van der Waals surface area (Å²) in [6.45, 7) is 8.40. The van der Waals surface area contributed by atoms with Gasteiger partial charge in [0, 0.05) is 43.8 Å². The van der Waals surface area contributed by atoms with Crippen LogP contribution in [0.15, 0.2) is 49.6 Å². The summed E-state index contributed by atoms with van der Waals surface area (Å²) in [6.07, 6.45) is 4.20. The van der Waals surface area contributed by atoms with Gasteiger partial charge in [0.1, 0.15) is 17.4 Å². The summed E-state index contributed by atoms with van der Waals surface area (Å²) in [5.74, 6) is -1.56. The number of nitrogens with zero attached hydrogens (tertiary/aromatic N) is 3. The third-order valence-corrected chi connectivity index (χ3v) is 8.70. The number of methoxy groups -OCH3 is 1. The number of unbranched alkanes of at least 4 members (excludes halogenated alkanes) is 1. The Morgan fingerprint density at radius 1 is 1.21 bits per heavy atom. The Morgan fingerprint density at radius 2 is 1.89 bits per heavy atom. The highest BCUT2D eigenvalue weighted by atomic mass is 79.9. The largest absolute Gasteiger partial charge is 0.497 e. The number of anilines is 1. The van der Waals surface area contributed by atoms with Crippen molar-refractivity contribution in [3.8, 4) is 5.75 Å². The third-order valence-electron chi connectivity index (χ3n) is 7.86. The number of aliphatic hydroxyl groups is 1. The smallest absolute Gasteiger partial charge is 0.253 e. The van der Waals surface area contributed by atoms with E-state index in [1.165, 1.54) is 0 Å². The van der Waals surface area contributed by atoms with Crippen LogP contribution < -0.4 is 9.64 Å². The lowest BCUT2D eigenvalue weighted by Gasteiger charge is -2.37. The summed E-state index contributed by atoms with van der Waals surface area (Å²) in [6, 6.07) is 6.20. The third kappa shape index (κ3) is 4.67. The molecule has 0 aliphatic carbocycles. The van der Waals surface area contributed by atoms with Gasteiger partial charge in [0.25, 0.3) is 5.91 Å². The molecule has 3 heterocycles. The standard InChI is InChI=1S/C28H36BrN3O6/c1-5-13-30(3)25(34)21-22-26(35)32(15-7-8-16-33)24(28(22)17-20(29)23(21)38-28)27(36)31(14-6-2)18-9-11-19(37-4)12-10-18/h5-6,9-12,20-24,33H,1-2,7-8,13-17H2,3-4H3/t20?,21-,22+,23-,24?,28?/m1/s1. The van der Waals surface area contributed by atoms with Crippen molar-refractivity contribution in [3.63, 3.8) is 0 Å². The maximum Gasteiger partial charge on any atom is 0.253 e. The first kappa shape index (κ1) is 28.3. The number of carbonyl (C=O) groups is 3. The lowest BCUT2D eigenvalue weighted by Crippen LogP contribution is -2.57. The van der Waals surface area contributed by atoms with Crippen LogP contribution >= 0.6 is 15.9 Å². The van der Waals surface area contributed by atoms with E-state index in [1.54, 1.807) is 65.3 Å². The number of benzene rings is 1. The average Bonchev–Trinajstić information content (AvgIpc) is 3.50. The number of hydrogen-bond acceptors (Lipinski definition) is 6. The maximum absolute atomic E-state index is 14.4. The average molecular weight is 591 g/mol. The van der Waals surface area contributed by atoms with Crippen molar-refractivity contribution in [2.24, 2.45) is 11.8 Å². The second-order valence-electron chi connectivity index (χ2n) is 10.1. The maximum atomic E-state index is 14.4. The summed E-state index contributed by atoms with van der Waals surface area (Å²) >= 11 is 3.70. The molecule has 1 spiro atoms. The van der Waals surface area contributed by atoms with Gasteiger partial charge in [0.2, 0.25) is 11.8 Å². The van der Waals surface area contributed by atoms with Crippen LogP contribution in [0.2, 0.25) is 0 Å². The quantitative estimate of drug-likeness (QED) is 0.228. The zero-order valence-electron chi connectivity index (χ0n) is 21.9. The van der Waals surface area contributed by atoms with Crippen LogP contribution in [0.1, 0.15) is 19.3 Å². The van der Waals surface area contributed by atoms with Gasteiger partial charge in [-0.1, -0.05) is 28.1 Å². The van der Waals surface area contributed by atoms with Crippen molar-refractivity contribution in [2.45, 2.75) is 41.8 Å². The molecule has 3 unspecified atom stereocenters. The van der Waals surface area contributed by atoms with Gasteiger partial charge in [-0.15, -0.1) is 13.2 Å². The van der Waals surface area contributed by atoms with E-state index in [0.717, 1.165) is 0 Å². The van der Waals surface area contributed by atoms with E-state index < -0.39 is 29.6 Å². The fourth-order valence-electron chi connectivity index (χ4n) is 6.23. The van der Waals surface area contributed by atoms with Gasteiger partial charge in [-0.2, -0.15) is 0 Å². The van der Waals surface area contributed by atoms with Crippen LogP contribution in [0.5, 0.6) is 5.75 Å². The van der Waals surface area contributed by atoms with E-state index >= 15 is 0 Å². The molecule has 0 saturated carbocycles. The molecule has 206 valence electrons. The molecule has 0 radical (unpaired) electrons. The van der Waals surface area contributed by atoms with Gasteiger partial charge in [-0.05, 0) is 43.5 Å². The first-order valence-electron chi connectivity index (χ1n) is 12.9. The number of halogens is 1. The van der Waals surface area contributed by atoms with Gasteiger partial charge in [0.15, 0.2) is 0 Å². The van der Waals surface area contributed by atoms with E-state index in [-0.39, 0.29) is 42.2 Å². The van der Waals surface area contributed by atoms with Crippen LogP contribution in [0, 0.1) is 11.8 Å². The molecule has 0 aromatic heterocycles. The van der Waals surface area contributed by atoms with Crippen LogP contribution in [-0.4, -0.2) is 95.6 Å². The predicted molar refractivity (Wildman–Crippen MR) is 147 cm³/mol. The predicted octanol–water partition coefficient (Wildman–Crippen LogP) is 2.38. The Hall–Kier alpha value is -2.69. The lowest BCUT2D eigenvalue weighted by atomic mass is 9.70. The topological polar surface area (TPSA) is 99.6 Å². The molecule has 1 aromatic carbocycles. The molecule has 6 atom stereocenters. The van der Waals surface area contributed by atoms with Crippen LogP contribution in [0.25, 0.3) is 0 Å². The molecule has 3 aliphatic heterocycles. The highest BCUT2D eigenvalue weighted by Gasteiger charge is 2.76. The molecule has 3 amide bonds. The molecule has 4 rings (SSSR count). The lowest BCUT2D eigenvalue weighted by molar-refractivity contribution is -0.144. The summed E-state index contributed by atoms with van der Waals surface area (Å²) in [7, 11) is 3.26. The van der Waals surface area contributed by atoms with Gasteiger partial charge < -0.3 is 29.3 Å². The Kier molecular flexibility index (Phi) is 8.64. The number of likely N-dealkylation sites (tertiary alicyclic amines) is 1. The second kappa shape index (κ2) is 11.6. The summed E-state index contributed by atoms with van der Waals surface area (Å²) < 4.78 is 11.8. The summed E-state index contributed by atoms with van der Waals surface area (Å²) in [5.41, 5.74) is -0.507. The van der Waals surface area contributed by atoms with Gasteiger partial charge in [-0.25, -0.2) is 0 Å². The fraction of sp³-hybridized carbons (Fsp3) is 0.536. The SMILES string of the molecule is C=CCN(C)C(=O)[C@H]1[C@@H]2OC3(CC2Br)C(C(=O)N(CC=C)c2ccc(OC)cc2)N(CCCCO)C(=O)[C@H]13. The number of rotatable bonds is 12. The van der Waals surface area contributed by atoms with Crippen molar-refractivity contribution in [1.82, 2.24) is 9.80 Å². The van der Waals surface area contributed by atoms with Crippen molar-refractivity contribution >= 4 is 39.3 Å². The van der Waals surface area contributed by atoms with Crippen molar-refractivity contribution in [1.29, 1.82) is 0 Å². The van der Waals surface area contributed by atoms with E-state index in [1.807, 2.05) is 0 Å². The number of amides is 3. The van der Waals surface area contributed by atoms with Gasteiger partial charge in [0.05, 0.1) is 25.0 Å². The van der Waals surface area contributed by atoms with Crippen LogP contribution in [0.3, 0.4) is 0 Å². The zero-order chi connectivity index (χ0) is 27.6. The number of likely N-dealkylation sites (N-methyl/N-ethyl adjacent to an activating group) is 1. The fourth-order valence-corrected chi connectivity index (χ4v) is 7.17. The van der Waals surface area contributed by atoms with Crippen molar-refractivity contribution in [2.75, 3.05) is 45.3 Å². The van der Waals surface area contributed by atoms with E-state index in [4.69, 9.17) is 9.47 Å². The highest BCUT2D eigenvalue weighted by Crippen LogP contribution is 2.60. The number of alkyl halides is 1. The number of fused-ring (bicyclic) bond motifs is 1. The van der Waals surface area contributed by atoms with E-state index in [0.29, 0.717) is 37.2 Å². The van der Waals surface area contributed by atoms with Gasteiger partial charge in [-0.3, -0.25) is 14.4 Å². The molecule has 10 heteroatoms. The molecule has 2 bridgehead atoms. The Morgan fingerprint density at radius 3 is 2.50 bits per heavy atom. The normalized spacial score (nSPS) is 29.2. The molecule has 38 heavy (non-hydrogen) atoms. The number of ether oxygens (including phenoxy) is 2. The van der Waals surface area contributed by atoms with E-state index in [9.17, 15) is 19.5 Å². The Labute approximate surface area is 232 Å². The minimum atomic E-state index is -1.15. The monoisotopic (exact) mass is 589 g/mol. The Balaban J connectivity index is 1.76. The molecule has 9 nitrogen and oxygen atoms in total. The van der Waals surface area contributed by atoms with Crippen molar-refractivity contribution in [3.05, 3.63) is 49.6 Å².